The molecule has 1 aliphatic heterocycles. The highest BCUT2D eigenvalue weighted by molar-refractivity contribution is 7.88. The van der Waals surface area contributed by atoms with Crippen molar-refractivity contribution in [2.24, 2.45) is 5.92 Å². The van der Waals surface area contributed by atoms with Gasteiger partial charge in [-0.25, -0.2) is 22.3 Å². The van der Waals surface area contributed by atoms with Crippen molar-refractivity contribution in [3.63, 3.8) is 0 Å². The maximum absolute atomic E-state index is 13.9. The van der Waals surface area contributed by atoms with Crippen LogP contribution in [0.15, 0.2) is 146 Å². The van der Waals surface area contributed by atoms with Crippen LogP contribution in [0.2, 0.25) is 0 Å². The molecule has 1 N–H and O–H groups in total. The topological polar surface area (TPSA) is 94.4 Å². The van der Waals surface area contributed by atoms with Gasteiger partial charge in [0.15, 0.2) is 0 Å². The number of nitrogens with zero attached hydrogens (tertiary/aromatic N) is 1. The molecule has 0 radical (unpaired) electrons. The van der Waals surface area contributed by atoms with Crippen molar-refractivity contribution in [2.45, 2.75) is 24.3 Å². The number of halogens is 1. The van der Waals surface area contributed by atoms with E-state index in [1.165, 1.54) is 4.31 Å². The van der Waals surface area contributed by atoms with Crippen LogP contribution in [0.5, 0.6) is 5.75 Å². The lowest BCUT2D eigenvalue weighted by atomic mass is 9.75. The summed E-state index contributed by atoms with van der Waals surface area (Å²) >= 11 is 0. The lowest BCUT2D eigenvalue weighted by Gasteiger charge is -2.47. The Morgan fingerprint density at radius 3 is 1.90 bits per heavy atom. The fourth-order valence-electron chi connectivity index (χ4n) is 6.71. The van der Waals surface area contributed by atoms with E-state index in [1.54, 1.807) is 66.7 Å². The number of sulfonamides is 1. The highest BCUT2D eigenvalue weighted by Crippen LogP contribution is 2.43. The van der Waals surface area contributed by atoms with Crippen LogP contribution in [-0.4, -0.2) is 51.3 Å². The van der Waals surface area contributed by atoms with E-state index in [9.17, 15) is 18.0 Å². The molecule has 5 aromatic carbocycles. The smallest absolute Gasteiger partial charge is 0.343 e. The van der Waals surface area contributed by atoms with Gasteiger partial charge in [0.25, 0.3) is 0 Å². The Kier molecular flexibility index (Phi) is 12.6. The summed E-state index contributed by atoms with van der Waals surface area (Å²) in [6, 6.07) is 43.8. The highest BCUT2D eigenvalue weighted by Gasteiger charge is 2.51. The number of ether oxygens (including phenoxy) is 2. The monoisotopic (exact) mass is 768 g/mol. The van der Waals surface area contributed by atoms with Gasteiger partial charge in [0, 0.05) is 25.1 Å². The number of carbonyl (C=O) groups is 2. The quantitative estimate of drug-likeness (QED) is 0.155. The SMILES string of the molecule is C[NH+](Cc1ccccc1)C[C@@H]1CN(S(=O)(=O)Cc2ccccc2)CC[C@@]1(OC(=O)c1ccccc1)c1cccc(OC(=O)c2ccccc2)c1.[Br-]. The van der Waals surface area contributed by atoms with Gasteiger partial charge in [0.1, 0.15) is 17.9 Å². The molecule has 1 heterocycles. The van der Waals surface area contributed by atoms with Crippen LogP contribution in [0, 0.1) is 5.92 Å². The van der Waals surface area contributed by atoms with Gasteiger partial charge in [-0.15, -0.1) is 0 Å². The van der Waals surface area contributed by atoms with E-state index in [4.69, 9.17) is 9.47 Å². The van der Waals surface area contributed by atoms with Gasteiger partial charge in [0.05, 0.1) is 36.4 Å². The fraction of sp³-hybridized carbons (Fsp3) is 0.220. The number of benzene rings is 5. The molecule has 1 unspecified atom stereocenters. The largest absolute Gasteiger partial charge is 1.00 e. The van der Waals surface area contributed by atoms with Crippen LogP contribution >= 0.6 is 0 Å². The number of piperidine rings is 1. The second kappa shape index (κ2) is 17.1. The highest BCUT2D eigenvalue weighted by atomic mass is 79.9. The van der Waals surface area contributed by atoms with E-state index < -0.39 is 33.5 Å². The number of carbonyl (C=O) groups excluding carboxylic acids is 2. The minimum Gasteiger partial charge on any atom is -1.00 e. The molecule has 0 bridgehead atoms. The third-order valence-electron chi connectivity index (χ3n) is 9.17. The average molecular weight is 770 g/mol. The van der Waals surface area contributed by atoms with Crippen LogP contribution < -0.4 is 26.6 Å². The van der Waals surface area contributed by atoms with E-state index in [-0.39, 0.29) is 42.2 Å². The molecular weight excluding hydrogens is 728 g/mol. The summed E-state index contributed by atoms with van der Waals surface area (Å²) < 4.78 is 41.8. The van der Waals surface area contributed by atoms with Crippen LogP contribution in [-0.2, 0) is 32.7 Å². The Balaban J connectivity index is 0.00000504. The van der Waals surface area contributed by atoms with Gasteiger partial charge in [-0.2, -0.15) is 0 Å². The van der Waals surface area contributed by atoms with Crippen molar-refractivity contribution in [1.29, 1.82) is 0 Å². The van der Waals surface area contributed by atoms with Crippen LogP contribution in [0.3, 0.4) is 0 Å². The first kappa shape index (κ1) is 37.6. The second-order valence-electron chi connectivity index (χ2n) is 12.8. The van der Waals surface area contributed by atoms with E-state index in [1.807, 2.05) is 66.7 Å². The summed E-state index contributed by atoms with van der Waals surface area (Å²) in [5, 5.41) is 0. The van der Waals surface area contributed by atoms with E-state index in [0.717, 1.165) is 10.5 Å². The van der Waals surface area contributed by atoms with E-state index >= 15 is 0 Å². The molecule has 10 heteroatoms. The molecule has 6 rings (SSSR count). The molecule has 0 aliphatic carbocycles. The third kappa shape index (κ3) is 9.39. The number of nitrogens with one attached hydrogen (secondary N) is 1. The third-order valence-corrected chi connectivity index (χ3v) is 11.0. The molecule has 0 amide bonds. The lowest BCUT2D eigenvalue weighted by molar-refractivity contribution is -0.898. The van der Waals surface area contributed by atoms with Crippen molar-refractivity contribution in [3.05, 3.63) is 173 Å². The molecule has 1 aliphatic rings. The number of esters is 2. The zero-order valence-corrected chi connectivity index (χ0v) is 30.8. The van der Waals surface area contributed by atoms with E-state index in [0.29, 0.717) is 41.1 Å². The number of rotatable bonds is 12. The van der Waals surface area contributed by atoms with Crippen LogP contribution in [0.25, 0.3) is 0 Å². The first-order chi connectivity index (χ1) is 24.2. The molecule has 0 aromatic heterocycles. The molecule has 0 saturated carbocycles. The van der Waals surface area contributed by atoms with Crippen LogP contribution in [0.4, 0.5) is 0 Å². The zero-order valence-electron chi connectivity index (χ0n) is 28.4. The standard InChI is InChI=1S/C41H40N2O6S.BrH/c1-42(28-32-15-6-2-7-16-32)29-37-30-43(50(46,47)31-33-17-8-3-9-18-33)26-25-41(37,49-40(45)35-21-12-5-13-22-35)36-23-14-24-38(27-36)48-39(44)34-19-10-4-11-20-34;/h2-24,27,37H,25-26,28-31H2,1H3;1H/t37-,41-;/m1./s1. The molecular formula is C41H41BrN2O6S. The minimum absolute atomic E-state index is 0. The maximum Gasteiger partial charge on any atom is 0.343 e. The Morgan fingerprint density at radius 2 is 1.29 bits per heavy atom. The second-order valence-corrected chi connectivity index (χ2v) is 14.8. The normalized spacial score (nSPS) is 18.2. The molecule has 1 saturated heterocycles. The van der Waals surface area contributed by atoms with Gasteiger partial charge in [0.2, 0.25) is 10.0 Å². The summed E-state index contributed by atoms with van der Waals surface area (Å²) in [4.78, 5) is 28.1. The first-order valence-corrected chi connectivity index (χ1v) is 18.4. The Hall–Kier alpha value is -4.61. The summed E-state index contributed by atoms with van der Waals surface area (Å²) in [6.45, 7) is 1.45. The summed E-state index contributed by atoms with van der Waals surface area (Å²) in [5.74, 6) is -1.31. The molecule has 264 valence electrons. The lowest BCUT2D eigenvalue weighted by Crippen LogP contribution is -3.09. The van der Waals surface area contributed by atoms with Gasteiger partial charge in [-0.1, -0.05) is 109 Å². The Bertz CT molecular complexity index is 2000. The predicted molar refractivity (Wildman–Crippen MR) is 192 cm³/mol. The van der Waals surface area contributed by atoms with Crippen LogP contribution in [0.1, 0.15) is 43.8 Å². The van der Waals surface area contributed by atoms with Crippen molar-refractivity contribution >= 4 is 22.0 Å². The van der Waals surface area contributed by atoms with Gasteiger partial charge >= 0.3 is 11.9 Å². The Labute approximate surface area is 310 Å². The van der Waals surface area contributed by atoms with Gasteiger partial charge in [-0.05, 0) is 47.5 Å². The molecule has 5 aromatic rings. The van der Waals surface area contributed by atoms with E-state index in [2.05, 4.69) is 19.2 Å². The fourth-order valence-corrected chi connectivity index (χ4v) is 8.28. The number of quaternary nitrogens is 1. The van der Waals surface area contributed by atoms with Gasteiger partial charge in [-0.3, -0.25) is 0 Å². The molecule has 1 fully saturated rings. The van der Waals surface area contributed by atoms with Crippen molar-refractivity contribution in [1.82, 2.24) is 4.31 Å². The predicted octanol–water partition coefficient (Wildman–Crippen LogP) is 2.53. The molecule has 8 nitrogen and oxygen atoms in total. The zero-order chi connectivity index (χ0) is 35.0. The van der Waals surface area contributed by atoms with Crippen molar-refractivity contribution in [3.8, 4) is 5.75 Å². The summed E-state index contributed by atoms with van der Waals surface area (Å²) in [6.07, 6.45) is 0.207. The van der Waals surface area contributed by atoms with Crippen molar-refractivity contribution < 1.29 is 49.4 Å². The molecule has 3 atom stereocenters. The minimum atomic E-state index is -3.72. The summed E-state index contributed by atoms with van der Waals surface area (Å²) in [7, 11) is -1.66. The van der Waals surface area contributed by atoms with Gasteiger partial charge < -0.3 is 31.4 Å². The first-order valence-electron chi connectivity index (χ1n) is 16.7. The molecule has 51 heavy (non-hydrogen) atoms. The maximum atomic E-state index is 13.9. The number of hydrogen-bond donors (Lipinski definition) is 1. The average Bonchev–Trinajstić information content (AvgIpc) is 3.13. The number of hydrogen-bond acceptors (Lipinski definition) is 6. The summed E-state index contributed by atoms with van der Waals surface area (Å²) in [5.41, 5.74) is 2.04. The van der Waals surface area contributed by atoms with Crippen molar-refractivity contribution in [2.75, 3.05) is 26.7 Å². The molecule has 0 spiro atoms. The Morgan fingerprint density at radius 1 is 0.745 bits per heavy atom.